The number of hydrogen-bond acceptors (Lipinski definition) is 4. The van der Waals surface area contributed by atoms with Crippen LogP contribution in [0.15, 0.2) is 4.52 Å². The minimum atomic E-state index is 0.508. The summed E-state index contributed by atoms with van der Waals surface area (Å²) < 4.78 is 4.89. The molecule has 0 bridgehead atoms. The van der Waals surface area contributed by atoms with Crippen molar-refractivity contribution >= 4 is 5.88 Å². The zero-order valence-corrected chi connectivity index (χ0v) is 6.79. The second kappa shape index (κ2) is 2.01. The van der Waals surface area contributed by atoms with Crippen LogP contribution in [0, 0.1) is 0 Å². The Balaban J connectivity index is 1.89. The van der Waals surface area contributed by atoms with Gasteiger partial charge in [0, 0.05) is 19.1 Å². The van der Waals surface area contributed by atoms with Gasteiger partial charge in [-0.05, 0) is 12.8 Å². The molecule has 2 heterocycles. The van der Waals surface area contributed by atoms with E-state index in [1.165, 1.54) is 12.8 Å². The molecular weight excluding hydrogens is 154 g/mol. The average molecular weight is 165 g/mol. The Morgan fingerprint density at radius 2 is 2.25 bits per heavy atom. The highest BCUT2D eigenvalue weighted by molar-refractivity contribution is 5.41. The van der Waals surface area contributed by atoms with Gasteiger partial charge in [0.2, 0.25) is 5.88 Å². The van der Waals surface area contributed by atoms with E-state index in [2.05, 4.69) is 10.1 Å². The normalized spacial score (nSPS) is 23.0. The van der Waals surface area contributed by atoms with Crippen molar-refractivity contribution in [1.82, 2.24) is 10.1 Å². The van der Waals surface area contributed by atoms with Gasteiger partial charge in [-0.1, -0.05) is 5.16 Å². The van der Waals surface area contributed by atoms with Crippen LogP contribution in [-0.2, 0) is 13.1 Å². The fourth-order valence-corrected chi connectivity index (χ4v) is 1.80. The zero-order valence-electron chi connectivity index (χ0n) is 6.79. The summed E-state index contributed by atoms with van der Waals surface area (Å²) >= 11 is 0. The summed E-state index contributed by atoms with van der Waals surface area (Å²) in [6.45, 7) is 1.87. The predicted molar refractivity (Wildman–Crippen MR) is 43.2 cm³/mol. The maximum absolute atomic E-state index is 5.62. The number of fused-ring (bicyclic) bond motifs is 1. The molecule has 3 rings (SSSR count). The molecule has 12 heavy (non-hydrogen) atoms. The monoisotopic (exact) mass is 165 g/mol. The number of nitrogens with two attached hydrogens (primary N) is 1. The molecule has 1 aromatic rings. The van der Waals surface area contributed by atoms with Crippen LogP contribution < -0.4 is 5.73 Å². The quantitative estimate of drug-likeness (QED) is 0.666. The lowest BCUT2D eigenvalue weighted by Gasteiger charge is -2.11. The van der Waals surface area contributed by atoms with Crippen molar-refractivity contribution in [2.75, 3.05) is 5.73 Å². The minimum absolute atomic E-state index is 0.508. The minimum Gasteiger partial charge on any atom is -0.367 e. The van der Waals surface area contributed by atoms with E-state index in [0.717, 1.165) is 30.4 Å². The summed E-state index contributed by atoms with van der Waals surface area (Å²) in [5.74, 6) is 0.508. The number of rotatable bonds is 1. The summed E-state index contributed by atoms with van der Waals surface area (Å²) in [4.78, 5) is 2.42. The summed E-state index contributed by atoms with van der Waals surface area (Å²) in [6.07, 6.45) is 2.67. The van der Waals surface area contributed by atoms with Gasteiger partial charge in [0.05, 0.1) is 5.56 Å². The Morgan fingerprint density at radius 3 is 2.92 bits per heavy atom. The van der Waals surface area contributed by atoms with Crippen LogP contribution in [0.1, 0.15) is 24.1 Å². The van der Waals surface area contributed by atoms with Crippen LogP contribution in [0.3, 0.4) is 0 Å². The van der Waals surface area contributed by atoms with Crippen molar-refractivity contribution in [3.8, 4) is 0 Å². The van der Waals surface area contributed by atoms with Crippen molar-refractivity contribution in [2.45, 2.75) is 32.0 Å². The van der Waals surface area contributed by atoms with E-state index in [9.17, 15) is 0 Å². The molecule has 0 saturated heterocycles. The Kier molecular flexibility index (Phi) is 1.09. The molecule has 1 aromatic heterocycles. The van der Waals surface area contributed by atoms with Crippen LogP contribution in [0.5, 0.6) is 0 Å². The van der Waals surface area contributed by atoms with Crippen LogP contribution >= 0.6 is 0 Å². The van der Waals surface area contributed by atoms with Gasteiger partial charge in [-0.3, -0.25) is 4.90 Å². The molecule has 1 saturated carbocycles. The van der Waals surface area contributed by atoms with Crippen LogP contribution in [0.25, 0.3) is 0 Å². The van der Waals surface area contributed by atoms with Gasteiger partial charge in [-0.2, -0.15) is 0 Å². The number of aromatic nitrogens is 1. The SMILES string of the molecule is Nc1onc2c1CN(C1CC1)C2. The second-order valence-electron chi connectivity index (χ2n) is 3.61. The molecule has 64 valence electrons. The Morgan fingerprint density at radius 1 is 1.42 bits per heavy atom. The Bertz CT molecular complexity index is 316. The molecule has 4 heteroatoms. The molecule has 0 radical (unpaired) electrons. The third-order valence-corrected chi connectivity index (χ3v) is 2.68. The maximum atomic E-state index is 5.62. The van der Waals surface area contributed by atoms with Crippen LogP contribution in [0.2, 0.25) is 0 Å². The van der Waals surface area contributed by atoms with Gasteiger partial charge in [0.15, 0.2) is 0 Å². The highest BCUT2D eigenvalue weighted by Crippen LogP contribution is 2.35. The molecule has 0 unspecified atom stereocenters. The first-order chi connectivity index (χ1) is 5.84. The molecule has 0 aromatic carbocycles. The molecule has 1 aliphatic heterocycles. The van der Waals surface area contributed by atoms with Crippen molar-refractivity contribution < 1.29 is 4.52 Å². The number of nitrogen functional groups attached to an aromatic ring is 1. The fourth-order valence-electron chi connectivity index (χ4n) is 1.80. The number of nitrogens with zero attached hydrogens (tertiary/aromatic N) is 2. The molecule has 1 aliphatic carbocycles. The predicted octanol–water partition coefficient (Wildman–Crippen LogP) is 0.735. The highest BCUT2D eigenvalue weighted by Gasteiger charge is 2.35. The van der Waals surface area contributed by atoms with Crippen molar-refractivity contribution in [1.29, 1.82) is 0 Å². The van der Waals surface area contributed by atoms with E-state index >= 15 is 0 Å². The molecular formula is C8H11N3O. The Labute approximate surface area is 70.3 Å². The highest BCUT2D eigenvalue weighted by atomic mass is 16.5. The number of anilines is 1. The zero-order chi connectivity index (χ0) is 8.13. The second-order valence-corrected chi connectivity index (χ2v) is 3.61. The summed E-state index contributed by atoms with van der Waals surface area (Å²) in [5, 5.41) is 3.92. The first-order valence-corrected chi connectivity index (χ1v) is 4.31. The molecule has 0 atom stereocenters. The largest absolute Gasteiger partial charge is 0.367 e. The van der Waals surface area contributed by atoms with Crippen LogP contribution in [0.4, 0.5) is 5.88 Å². The van der Waals surface area contributed by atoms with E-state index in [1.807, 2.05) is 0 Å². The first kappa shape index (κ1) is 6.48. The van der Waals surface area contributed by atoms with Gasteiger partial charge >= 0.3 is 0 Å². The van der Waals surface area contributed by atoms with Crippen molar-refractivity contribution in [3.05, 3.63) is 11.3 Å². The molecule has 0 amide bonds. The lowest BCUT2D eigenvalue weighted by molar-refractivity contribution is 0.260. The van der Waals surface area contributed by atoms with E-state index in [4.69, 9.17) is 10.3 Å². The van der Waals surface area contributed by atoms with E-state index in [0.29, 0.717) is 5.88 Å². The standard InChI is InChI=1S/C8H11N3O/c9-8-6-3-11(5-1-2-5)4-7(6)10-12-8/h5H,1-4,9H2. The van der Waals surface area contributed by atoms with E-state index in [-0.39, 0.29) is 0 Å². The van der Waals surface area contributed by atoms with E-state index in [1.54, 1.807) is 0 Å². The lowest BCUT2D eigenvalue weighted by Crippen LogP contribution is -2.18. The van der Waals surface area contributed by atoms with Gasteiger partial charge in [0.1, 0.15) is 5.69 Å². The third kappa shape index (κ3) is 0.783. The summed E-state index contributed by atoms with van der Waals surface area (Å²) in [5.41, 5.74) is 7.77. The van der Waals surface area contributed by atoms with Gasteiger partial charge in [-0.15, -0.1) is 0 Å². The molecule has 1 fully saturated rings. The smallest absolute Gasteiger partial charge is 0.226 e. The topological polar surface area (TPSA) is 55.3 Å². The number of hydrogen-bond donors (Lipinski definition) is 1. The first-order valence-electron chi connectivity index (χ1n) is 4.31. The lowest BCUT2D eigenvalue weighted by atomic mass is 10.3. The Hall–Kier alpha value is -1.03. The summed E-state index contributed by atoms with van der Waals surface area (Å²) in [6, 6.07) is 0.790. The molecule has 0 spiro atoms. The van der Waals surface area contributed by atoms with Gasteiger partial charge in [0.25, 0.3) is 0 Å². The molecule has 2 aliphatic rings. The van der Waals surface area contributed by atoms with Gasteiger partial charge < -0.3 is 10.3 Å². The fraction of sp³-hybridized carbons (Fsp3) is 0.625. The van der Waals surface area contributed by atoms with Gasteiger partial charge in [-0.25, -0.2) is 0 Å². The third-order valence-electron chi connectivity index (χ3n) is 2.68. The molecule has 4 nitrogen and oxygen atoms in total. The van der Waals surface area contributed by atoms with Crippen molar-refractivity contribution in [3.63, 3.8) is 0 Å². The van der Waals surface area contributed by atoms with E-state index < -0.39 is 0 Å². The molecule has 2 N–H and O–H groups in total. The average Bonchev–Trinajstić information content (AvgIpc) is 2.73. The summed E-state index contributed by atoms with van der Waals surface area (Å²) in [7, 11) is 0. The van der Waals surface area contributed by atoms with Crippen molar-refractivity contribution in [2.24, 2.45) is 0 Å². The van der Waals surface area contributed by atoms with Crippen LogP contribution in [-0.4, -0.2) is 16.1 Å². The maximum Gasteiger partial charge on any atom is 0.226 e.